The maximum Gasteiger partial charge on any atom is 0.303 e. The van der Waals surface area contributed by atoms with Crippen LogP contribution in [0.4, 0.5) is 0 Å². The van der Waals surface area contributed by atoms with Gasteiger partial charge in [-0.2, -0.15) is 0 Å². The van der Waals surface area contributed by atoms with Gasteiger partial charge in [0.25, 0.3) is 5.91 Å². The number of hydrogen-bond acceptors (Lipinski definition) is 8. The number of amides is 5. The van der Waals surface area contributed by atoms with E-state index in [0.717, 1.165) is 27.1 Å². The summed E-state index contributed by atoms with van der Waals surface area (Å²) in [5, 5.41) is 25.1. The summed E-state index contributed by atoms with van der Waals surface area (Å²) >= 11 is 1.43. The number of ether oxygens (including phenoxy) is 1. The van der Waals surface area contributed by atoms with E-state index in [4.69, 9.17) is 9.84 Å². The van der Waals surface area contributed by atoms with Crippen LogP contribution < -0.4 is 31.3 Å². The molecular weight excluding hydrogens is 783 g/mol. The van der Waals surface area contributed by atoms with Crippen LogP contribution in [0.5, 0.6) is 5.75 Å². The Labute approximate surface area is 351 Å². The summed E-state index contributed by atoms with van der Waals surface area (Å²) in [5.74, 6) is -3.63. The molecule has 2 aliphatic heterocycles. The zero-order valence-electron chi connectivity index (χ0n) is 32.8. The third-order valence-corrected chi connectivity index (χ3v) is 10.8. The van der Waals surface area contributed by atoms with E-state index in [2.05, 4.69) is 26.6 Å². The van der Waals surface area contributed by atoms with Crippen molar-refractivity contribution in [2.75, 3.05) is 13.2 Å². The van der Waals surface area contributed by atoms with Crippen LogP contribution in [0.25, 0.3) is 11.1 Å². The molecule has 13 nitrogen and oxygen atoms in total. The Hall–Kier alpha value is -6.80. The second-order valence-corrected chi connectivity index (χ2v) is 15.5. The average molecular weight is 830 g/mol. The topological polar surface area (TPSA) is 192 Å². The van der Waals surface area contributed by atoms with Crippen molar-refractivity contribution in [3.8, 4) is 16.9 Å². The van der Waals surface area contributed by atoms with Crippen LogP contribution in [0.3, 0.4) is 0 Å². The van der Waals surface area contributed by atoms with Crippen LogP contribution in [0, 0.1) is 0 Å². The number of carbonyl (C=O) groups is 6. The Balaban J connectivity index is 1.33. The number of fused-ring (bicyclic) bond motifs is 16. The van der Waals surface area contributed by atoms with E-state index >= 15 is 0 Å². The van der Waals surface area contributed by atoms with Gasteiger partial charge in [0, 0.05) is 43.5 Å². The number of carbonyl (C=O) groups excluding carboxylic acids is 5. The largest absolute Gasteiger partial charge is 0.484 e. The first-order chi connectivity index (χ1) is 29.1. The van der Waals surface area contributed by atoms with Crippen molar-refractivity contribution in [2.45, 2.75) is 62.7 Å². The molecule has 6 N–H and O–H groups in total. The van der Waals surface area contributed by atoms with Crippen LogP contribution in [0.15, 0.2) is 127 Å². The van der Waals surface area contributed by atoms with Gasteiger partial charge in [-0.3, -0.25) is 28.8 Å². The SMILES string of the molecule is O=C(O)CCCNC(=O)[C@@H]1Cc2ccc(cc2)OCC(=O)N[C@@H](Cc2cccs2)C(=O)N[C@@H](Cc2ccc(-c3ccccc3)cc2)C(=O)N[C@@H](Cc2ccccc2)C(=O)N1. The fourth-order valence-electron chi connectivity index (χ4n) is 6.75. The average Bonchev–Trinajstić information content (AvgIpc) is 3.77. The molecule has 4 aromatic carbocycles. The lowest BCUT2D eigenvalue weighted by atomic mass is 9.99. The number of nitrogens with one attached hydrogen (secondary N) is 5. The third kappa shape index (κ3) is 12.9. The quantitative estimate of drug-likeness (QED) is 0.0804. The molecule has 5 aromatic rings. The van der Waals surface area contributed by atoms with Crippen molar-refractivity contribution in [2.24, 2.45) is 0 Å². The molecule has 60 heavy (non-hydrogen) atoms. The molecule has 0 spiro atoms. The van der Waals surface area contributed by atoms with Gasteiger partial charge in [-0.05, 0) is 57.8 Å². The molecule has 0 saturated carbocycles. The van der Waals surface area contributed by atoms with Gasteiger partial charge in [0.2, 0.25) is 23.6 Å². The lowest BCUT2D eigenvalue weighted by Gasteiger charge is -2.27. The molecule has 0 fully saturated rings. The van der Waals surface area contributed by atoms with Gasteiger partial charge >= 0.3 is 5.97 Å². The molecule has 0 saturated heterocycles. The van der Waals surface area contributed by atoms with Crippen molar-refractivity contribution in [1.82, 2.24) is 26.6 Å². The highest BCUT2D eigenvalue weighted by Crippen LogP contribution is 2.21. The standard InChI is InChI=1S/C46H47N5O8S/c52-41-29-59-35-21-17-32(18-22-35)26-37(43(55)47-23-7-14-42(53)54)49-44(56)38(25-30-9-3-1-4-10-30)50-45(57)39(51-46(58)40(48-41)28-36-13-8-24-60-36)27-31-15-19-34(20-16-31)33-11-5-2-6-12-33/h1-6,8-13,15-22,24,37-40H,7,14,23,25-29H2,(H,47,55)(H,48,52)(H,49,56)(H,50,57)(H,51,58)(H,53,54)/t37-,38-,39-,40-/m0/s1. The number of carboxylic acid groups (broad SMARTS) is 1. The molecule has 7 rings (SSSR count). The molecule has 0 unspecified atom stereocenters. The Kier molecular flexibility index (Phi) is 15.2. The molecular formula is C46H47N5O8S. The van der Waals surface area contributed by atoms with Gasteiger partial charge < -0.3 is 36.4 Å². The van der Waals surface area contributed by atoms with Gasteiger partial charge in [0.05, 0.1) is 0 Å². The first-order valence-corrected chi connectivity index (χ1v) is 20.6. The monoisotopic (exact) mass is 829 g/mol. The highest BCUT2D eigenvalue weighted by Gasteiger charge is 2.32. The van der Waals surface area contributed by atoms with Gasteiger partial charge in [0.1, 0.15) is 29.9 Å². The Morgan fingerprint density at radius 3 is 1.85 bits per heavy atom. The van der Waals surface area contributed by atoms with Gasteiger partial charge in [-0.15, -0.1) is 11.3 Å². The summed E-state index contributed by atoms with van der Waals surface area (Å²) < 4.78 is 5.76. The number of thiophene rings is 1. The zero-order valence-corrected chi connectivity index (χ0v) is 33.6. The molecule has 5 amide bonds. The van der Waals surface area contributed by atoms with Crippen LogP contribution in [0.1, 0.15) is 34.4 Å². The molecule has 4 atom stereocenters. The van der Waals surface area contributed by atoms with E-state index < -0.39 is 66.3 Å². The van der Waals surface area contributed by atoms with Crippen LogP contribution in [-0.4, -0.2) is 77.9 Å². The summed E-state index contributed by atoms with van der Waals surface area (Å²) in [6.45, 7) is -0.332. The lowest BCUT2D eigenvalue weighted by Crippen LogP contribution is -2.59. The van der Waals surface area contributed by atoms with Crippen molar-refractivity contribution in [1.29, 1.82) is 0 Å². The van der Waals surface area contributed by atoms with Crippen LogP contribution in [0.2, 0.25) is 0 Å². The van der Waals surface area contributed by atoms with Crippen LogP contribution in [-0.2, 0) is 54.5 Å². The summed E-state index contributed by atoms with van der Waals surface area (Å²) in [6, 6.07) is 32.3. The molecule has 2 aliphatic rings. The fourth-order valence-corrected chi connectivity index (χ4v) is 7.50. The zero-order chi connectivity index (χ0) is 42.3. The molecule has 14 heteroatoms. The van der Waals surface area contributed by atoms with E-state index in [-0.39, 0.29) is 45.1 Å². The van der Waals surface area contributed by atoms with E-state index in [0.29, 0.717) is 11.3 Å². The van der Waals surface area contributed by atoms with Gasteiger partial charge in [0.15, 0.2) is 6.61 Å². The fraction of sp³-hybridized carbons (Fsp3) is 0.261. The van der Waals surface area contributed by atoms with Crippen LogP contribution >= 0.6 is 11.3 Å². The minimum absolute atomic E-state index is 0.0461. The van der Waals surface area contributed by atoms with E-state index in [9.17, 15) is 28.8 Å². The predicted octanol–water partition coefficient (Wildman–Crippen LogP) is 4.00. The minimum atomic E-state index is -1.20. The highest BCUT2D eigenvalue weighted by atomic mass is 32.1. The van der Waals surface area contributed by atoms with Gasteiger partial charge in [-0.1, -0.05) is 103 Å². The molecule has 3 heterocycles. The number of carboxylic acids is 1. The molecule has 310 valence electrons. The molecule has 2 bridgehead atoms. The van der Waals surface area contributed by atoms with E-state index in [1.165, 1.54) is 11.3 Å². The summed E-state index contributed by atoms with van der Waals surface area (Å²) in [5.41, 5.74) is 4.09. The molecule has 0 radical (unpaired) electrons. The normalized spacial score (nSPS) is 18.9. The second-order valence-electron chi connectivity index (χ2n) is 14.5. The van der Waals surface area contributed by atoms with E-state index in [1.807, 2.05) is 102 Å². The Morgan fingerprint density at radius 1 is 0.650 bits per heavy atom. The maximum absolute atomic E-state index is 14.5. The van der Waals surface area contributed by atoms with Gasteiger partial charge in [-0.25, -0.2) is 0 Å². The second kappa shape index (κ2) is 21.3. The van der Waals surface area contributed by atoms with Crippen molar-refractivity contribution in [3.05, 3.63) is 148 Å². The minimum Gasteiger partial charge on any atom is -0.484 e. The number of aliphatic carboxylic acids is 1. The molecule has 1 aromatic heterocycles. The number of benzene rings is 4. The highest BCUT2D eigenvalue weighted by molar-refractivity contribution is 7.09. The van der Waals surface area contributed by atoms with E-state index in [1.54, 1.807) is 24.3 Å². The Morgan fingerprint density at radius 2 is 1.23 bits per heavy atom. The summed E-state index contributed by atoms with van der Waals surface area (Å²) in [6.07, 6.45) is 0.343. The van der Waals surface area contributed by atoms with Crippen molar-refractivity contribution in [3.63, 3.8) is 0 Å². The maximum atomic E-state index is 14.5. The lowest BCUT2D eigenvalue weighted by molar-refractivity contribution is -0.137. The van der Waals surface area contributed by atoms with Crippen molar-refractivity contribution >= 4 is 46.8 Å². The number of hydrogen-bond donors (Lipinski definition) is 6. The predicted molar refractivity (Wildman–Crippen MR) is 227 cm³/mol. The summed E-state index contributed by atoms with van der Waals surface area (Å²) in [7, 11) is 0. The first-order valence-electron chi connectivity index (χ1n) is 19.7. The van der Waals surface area contributed by atoms with Crippen molar-refractivity contribution < 1.29 is 38.6 Å². The number of rotatable bonds is 12. The first kappa shape index (κ1) is 42.8. The third-order valence-electron chi connectivity index (χ3n) is 9.92. The molecule has 0 aliphatic carbocycles. The smallest absolute Gasteiger partial charge is 0.303 e. The Bertz CT molecular complexity index is 2220. The summed E-state index contributed by atoms with van der Waals surface area (Å²) in [4.78, 5) is 81.9.